The highest BCUT2D eigenvalue weighted by atomic mass is 16.5. The van der Waals surface area contributed by atoms with Crippen LogP contribution in [0.1, 0.15) is 22.8 Å². The van der Waals surface area contributed by atoms with Gasteiger partial charge in [-0.3, -0.25) is 9.59 Å². The number of nitrogens with zero attached hydrogens (tertiary/aromatic N) is 1. The fraction of sp³-hybridized carbons (Fsp3) is 0.263. The molecule has 1 aliphatic heterocycles. The van der Waals surface area contributed by atoms with Gasteiger partial charge in [0.1, 0.15) is 5.75 Å². The van der Waals surface area contributed by atoms with Crippen LogP contribution in [0.25, 0.3) is 0 Å². The van der Waals surface area contributed by atoms with E-state index in [0.29, 0.717) is 24.3 Å². The van der Waals surface area contributed by atoms with Gasteiger partial charge in [-0.2, -0.15) is 0 Å². The molecule has 1 aliphatic rings. The number of fused-ring (bicyclic) bond motifs is 1. The van der Waals surface area contributed by atoms with E-state index < -0.39 is 6.10 Å². The van der Waals surface area contributed by atoms with E-state index in [1.165, 1.54) is 0 Å². The van der Waals surface area contributed by atoms with E-state index >= 15 is 0 Å². The number of nitrogens with one attached hydrogen (secondary N) is 1. The molecule has 0 aromatic heterocycles. The number of ether oxygens (including phenoxy) is 1. The molecule has 0 spiro atoms. The number of benzene rings is 2. The molecule has 1 heterocycles. The third-order valence-electron chi connectivity index (χ3n) is 4.10. The van der Waals surface area contributed by atoms with Crippen molar-refractivity contribution >= 4 is 17.5 Å². The second kappa shape index (κ2) is 6.74. The first-order chi connectivity index (χ1) is 11.6. The van der Waals surface area contributed by atoms with E-state index in [9.17, 15) is 9.59 Å². The lowest BCUT2D eigenvalue weighted by Crippen LogP contribution is -2.42. The lowest BCUT2D eigenvalue weighted by Gasteiger charge is -2.30. The van der Waals surface area contributed by atoms with Crippen LogP contribution in [0.5, 0.6) is 5.75 Å². The highest BCUT2D eigenvalue weighted by molar-refractivity contribution is 5.99. The van der Waals surface area contributed by atoms with Crippen molar-refractivity contribution in [3.8, 4) is 5.75 Å². The summed E-state index contributed by atoms with van der Waals surface area (Å²) in [6, 6.07) is 14.9. The first kappa shape index (κ1) is 16.1. The van der Waals surface area contributed by atoms with E-state index in [2.05, 4.69) is 5.32 Å². The van der Waals surface area contributed by atoms with Gasteiger partial charge in [0, 0.05) is 19.2 Å². The molecule has 0 saturated carbocycles. The monoisotopic (exact) mass is 324 g/mol. The largest absolute Gasteiger partial charge is 0.479 e. The predicted octanol–water partition coefficient (Wildman–Crippen LogP) is 2.40. The topological polar surface area (TPSA) is 58.6 Å². The summed E-state index contributed by atoms with van der Waals surface area (Å²) in [4.78, 5) is 25.6. The van der Waals surface area contributed by atoms with Gasteiger partial charge >= 0.3 is 0 Å². The molecule has 2 aromatic carbocycles. The molecule has 0 saturated heterocycles. The first-order valence-corrected chi connectivity index (χ1v) is 7.96. The van der Waals surface area contributed by atoms with Gasteiger partial charge in [-0.1, -0.05) is 24.3 Å². The van der Waals surface area contributed by atoms with E-state index in [1.54, 1.807) is 31.0 Å². The maximum Gasteiger partial charge on any atom is 0.267 e. The van der Waals surface area contributed by atoms with Crippen molar-refractivity contribution in [2.75, 3.05) is 18.5 Å². The van der Waals surface area contributed by atoms with Crippen molar-refractivity contribution in [2.24, 2.45) is 0 Å². The van der Waals surface area contributed by atoms with Crippen LogP contribution >= 0.6 is 0 Å². The Balaban J connectivity index is 1.63. The number of anilines is 1. The van der Waals surface area contributed by atoms with Crippen LogP contribution < -0.4 is 15.0 Å². The Morgan fingerprint density at radius 1 is 1.21 bits per heavy atom. The van der Waals surface area contributed by atoms with Crippen molar-refractivity contribution in [3.63, 3.8) is 0 Å². The second-order valence-corrected chi connectivity index (χ2v) is 5.83. The van der Waals surface area contributed by atoms with Gasteiger partial charge < -0.3 is 15.0 Å². The summed E-state index contributed by atoms with van der Waals surface area (Å²) in [6.45, 7) is 2.27. The Hall–Kier alpha value is -2.82. The molecule has 24 heavy (non-hydrogen) atoms. The maximum absolute atomic E-state index is 12.0. The van der Waals surface area contributed by atoms with Crippen molar-refractivity contribution in [3.05, 3.63) is 59.7 Å². The minimum atomic E-state index is -0.460. The quantitative estimate of drug-likeness (QED) is 0.939. The minimum Gasteiger partial charge on any atom is -0.479 e. The van der Waals surface area contributed by atoms with E-state index in [4.69, 9.17) is 4.74 Å². The van der Waals surface area contributed by atoms with Crippen LogP contribution in [0.2, 0.25) is 0 Å². The Kier molecular flexibility index (Phi) is 4.51. The van der Waals surface area contributed by atoms with Crippen LogP contribution in [0.4, 0.5) is 5.69 Å². The van der Waals surface area contributed by atoms with Gasteiger partial charge in [-0.15, -0.1) is 0 Å². The van der Waals surface area contributed by atoms with Gasteiger partial charge in [-0.05, 0) is 43.2 Å². The number of hydrogen-bond donors (Lipinski definition) is 1. The Labute approximate surface area is 141 Å². The predicted molar refractivity (Wildman–Crippen MR) is 92.4 cm³/mol. The summed E-state index contributed by atoms with van der Waals surface area (Å²) in [5.41, 5.74) is 2.46. The Morgan fingerprint density at radius 3 is 2.71 bits per heavy atom. The van der Waals surface area contributed by atoms with Crippen molar-refractivity contribution in [1.82, 2.24) is 5.32 Å². The van der Waals surface area contributed by atoms with Crippen LogP contribution in [0.3, 0.4) is 0 Å². The highest BCUT2D eigenvalue weighted by Gasteiger charge is 2.28. The molecule has 2 aromatic rings. The van der Waals surface area contributed by atoms with Crippen molar-refractivity contribution < 1.29 is 14.3 Å². The average molecular weight is 324 g/mol. The number of carbonyl (C=O) groups is 2. The lowest BCUT2D eigenvalue weighted by atomic mass is 10.1. The molecule has 124 valence electrons. The third kappa shape index (κ3) is 3.25. The first-order valence-electron chi connectivity index (χ1n) is 7.96. The highest BCUT2D eigenvalue weighted by Crippen LogP contribution is 2.33. The lowest BCUT2D eigenvalue weighted by molar-refractivity contribution is -0.125. The minimum absolute atomic E-state index is 0.0583. The number of rotatable bonds is 4. The number of likely N-dealkylation sites (N-methyl/N-ethyl adjacent to an activating group) is 1. The zero-order chi connectivity index (χ0) is 17.1. The van der Waals surface area contributed by atoms with Gasteiger partial charge in [-0.25, -0.2) is 0 Å². The molecule has 1 atom stereocenters. The summed E-state index contributed by atoms with van der Waals surface area (Å²) < 4.78 is 5.61. The molecule has 5 nitrogen and oxygen atoms in total. The normalized spacial score (nSPS) is 16.3. The fourth-order valence-corrected chi connectivity index (χ4v) is 2.72. The molecule has 5 heteroatoms. The molecule has 0 bridgehead atoms. The van der Waals surface area contributed by atoms with Gasteiger partial charge in [0.25, 0.3) is 11.8 Å². The van der Waals surface area contributed by atoms with Gasteiger partial charge in [0.15, 0.2) is 6.10 Å². The zero-order valence-corrected chi connectivity index (χ0v) is 13.8. The van der Waals surface area contributed by atoms with Crippen molar-refractivity contribution in [2.45, 2.75) is 19.4 Å². The van der Waals surface area contributed by atoms with Crippen LogP contribution in [-0.4, -0.2) is 31.5 Å². The Morgan fingerprint density at radius 2 is 1.96 bits per heavy atom. The van der Waals surface area contributed by atoms with Crippen LogP contribution in [-0.2, 0) is 11.2 Å². The summed E-state index contributed by atoms with van der Waals surface area (Å²) >= 11 is 0. The van der Waals surface area contributed by atoms with Gasteiger partial charge in [0.05, 0.1) is 5.69 Å². The molecule has 1 unspecified atom stereocenters. The Bertz CT molecular complexity index is 758. The van der Waals surface area contributed by atoms with E-state index in [0.717, 1.165) is 11.3 Å². The maximum atomic E-state index is 12.0. The molecule has 0 fully saturated rings. The van der Waals surface area contributed by atoms with E-state index in [1.807, 2.05) is 36.4 Å². The smallest absolute Gasteiger partial charge is 0.267 e. The summed E-state index contributed by atoms with van der Waals surface area (Å²) in [5, 5.41) is 2.90. The second-order valence-electron chi connectivity index (χ2n) is 5.83. The standard InChI is InChI=1S/C19H20N2O3/c1-13-19(23)21(2)16-12-14(8-9-17(16)24-13)10-11-20-18(22)15-6-4-3-5-7-15/h3-9,12-13H,10-11H2,1-2H3,(H,20,22). The molecule has 3 rings (SSSR count). The fourth-order valence-electron chi connectivity index (χ4n) is 2.72. The number of carbonyl (C=O) groups excluding carboxylic acids is 2. The average Bonchev–Trinajstić information content (AvgIpc) is 2.61. The zero-order valence-electron chi connectivity index (χ0n) is 13.8. The van der Waals surface area contributed by atoms with E-state index in [-0.39, 0.29) is 11.8 Å². The number of hydrogen-bond acceptors (Lipinski definition) is 3. The summed E-state index contributed by atoms with van der Waals surface area (Å²) in [6.07, 6.45) is 0.224. The molecule has 1 N–H and O–H groups in total. The molecular weight excluding hydrogens is 304 g/mol. The van der Waals surface area contributed by atoms with Crippen LogP contribution in [0.15, 0.2) is 48.5 Å². The summed E-state index contributed by atoms with van der Waals surface area (Å²) in [7, 11) is 1.75. The van der Waals surface area contributed by atoms with Crippen molar-refractivity contribution in [1.29, 1.82) is 0 Å². The van der Waals surface area contributed by atoms with Gasteiger partial charge in [0.2, 0.25) is 0 Å². The summed E-state index contributed by atoms with van der Waals surface area (Å²) in [5.74, 6) is 0.566. The van der Waals surface area contributed by atoms with Crippen LogP contribution in [0, 0.1) is 0 Å². The SMILES string of the molecule is CC1Oc2ccc(CCNC(=O)c3ccccc3)cc2N(C)C1=O. The number of amides is 2. The third-order valence-corrected chi connectivity index (χ3v) is 4.10. The molecule has 2 amide bonds. The molecular formula is C19H20N2O3. The molecule has 0 aliphatic carbocycles. The molecule has 0 radical (unpaired) electrons.